The fourth-order valence-corrected chi connectivity index (χ4v) is 4.47. The summed E-state index contributed by atoms with van der Waals surface area (Å²) in [7, 11) is -3.61. The molecular formula is C22H30N2O3S. The van der Waals surface area contributed by atoms with Crippen LogP contribution < -0.4 is 9.62 Å². The van der Waals surface area contributed by atoms with Gasteiger partial charge in [0.1, 0.15) is 6.04 Å². The molecule has 2 rings (SSSR count). The lowest BCUT2D eigenvalue weighted by atomic mass is 10.1. The van der Waals surface area contributed by atoms with Crippen molar-refractivity contribution in [2.45, 2.75) is 52.1 Å². The molecule has 0 bridgehead atoms. The zero-order valence-electron chi connectivity index (χ0n) is 17.1. The minimum Gasteiger partial charge on any atom is -0.352 e. The van der Waals surface area contributed by atoms with E-state index in [1.807, 2.05) is 45.0 Å². The third kappa shape index (κ3) is 6.09. The van der Waals surface area contributed by atoms with Gasteiger partial charge in [-0.15, -0.1) is 0 Å². The molecule has 2 atom stereocenters. The fraction of sp³-hybridized carbons (Fsp3) is 0.409. The summed E-state index contributed by atoms with van der Waals surface area (Å²) in [5.74, 6) is -0.269. The summed E-state index contributed by atoms with van der Waals surface area (Å²) in [5.41, 5.74) is 2.67. The molecule has 1 N–H and O–H groups in total. The van der Waals surface area contributed by atoms with Crippen LogP contribution in [0.1, 0.15) is 37.8 Å². The van der Waals surface area contributed by atoms with Crippen molar-refractivity contribution in [2.24, 2.45) is 0 Å². The van der Waals surface area contributed by atoms with Gasteiger partial charge in [-0.2, -0.15) is 0 Å². The first kappa shape index (κ1) is 22.0. The van der Waals surface area contributed by atoms with Gasteiger partial charge in [-0.25, -0.2) is 8.42 Å². The zero-order chi connectivity index (χ0) is 20.7. The van der Waals surface area contributed by atoms with Gasteiger partial charge in [0, 0.05) is 6.04 Å². The molecule has 152 valence electrons. The van der Waals surface area contributed by atoms with E-state index in [2.05, 4.69) is 17.4 Å². The van der Waals surface area contributed by atoms with Gasteiger partial charge in [0.2, 0.25) is 15.9 Å². The van der Waals surface area contributed by atoms with Gasteiger partial charge in [0.25, 0.3) is 0 Å². The lowest BCUT2D eigenvalue weighted by molar-refractivity contribution is -0.122. The first-order chi connectivity index (χ1) is 13.2. The van der Waals surface area contributed by atoms with Gasteiger partial charge < -0.3 is 5.32 Å². The van der Waals surface area contributed by atoms with Crippen molar-refractivity contribution in [3.63, 3.8) is 0 Å². The Balaban J connectivity index is 2.12. The Kier molecular flexibility index (Phi) is 7.63. The van der Waals surface area contributed by atoms with Gasteiger partial charge in [0.15, 0.2) is 0 Å². The van der Waals surface area contributed by atoms with Crippen LogP contribution in [0.3, 0.4) is 0 Å². The maximum atomic E-state index is 12.9. The van der Waals surface area contributed by atoms with Crippen LogP contribution in [0.15, 0.2) is 54.6 Å². The second kappa shape index (κ2) is 9.73. The fourth-order valence-electron chi connectivity index (χ4n) is 3.26. The summed E-state index contributed by atoms with van der Waals surface area (Å²) in [6, 6.07) is 16.5. The van der Waals surface area contributed by atoms with Gasteiger partial charge in [-0.05, 0) is 56.4 Å². The second-order valence-electron chi connectivity index (χ2n) is 7.26. The number of carbonyl (C=O) groups is 1. The standard InChI is InChI=1S/C22H30N2O3S/c1-5-21(24(28(4,26)27)20-13-9-10-17(2)16-20)22(25)23-18(3)14-15-19-11-7-6-8-12-19/h6-13,16,18,21H,5,14-15H2,1-4H3,(H,23,25)/t18-,21-/m1/s1. The van der Waals surface area contributed by atoms with E-state index in [0.29, 0.717) is 12.1 Å². The number of carbonyl (C=O) groups excluding carboxylic acids is 1. The van der Waals surface area contributed by atoms with Crippen LogP contribution in [-0.2, 0) is 21.2 Å². The third-order valence-corrected chi connectivity index (χ3v) is 5.86. The average Bonchev–Trinajstić information content (AvgIpc) is 2.64. The summed E-state index contributed by atoms with van der Waals surface area (Å²) in [4.78, 5) is 12.9. The van der Waals surface area contributed by atoms with Crippen LogP contribution in [0, 0.1) is 6.92 Å². The molecule has 2 aromatic rings. The Bertz CT molecular complexity index is 882. The summed E-state index contributed by atoms with van der Waals surface area (Å²) < 4.78 is 26.2. The number of hydrogen-bond donors (Lipinski definition) is 1. The second-order valence-corrected chi connectivity index (χ2v) is 9.12. The highest BCUT2D eigenvalue weighted by Crippen LogP contribution is 2.23. The van der Waals surface area contributed by atoms with E-state index in [1.165, 1.54) is 9.87 Å². The van der Waals surface area contributed by atoms with Gasteiger partial charge in [0.05, 0.1) is 11.9 Å². The SMILES string of the molecule is CC[C@H](C(=O)N[C@H](C)CCc1ccccc1)N(c1cccc(C)c1)S(C)(=O)=O. The molecule has 5 nitrogen and oxygen atoms in total. The number of sulfonamides is 1. The van der Waals surface area contributed by atoms with Crippen molar-refractivity contribution in [1.82, 2.24) is 5.32 Å². The van der Waals surface area contributed by atoms with Crippen molar-refractivity contribution in [2.75, 3.05) is 10.6 Å². The highest BCUT2D eigenvalue weighted by atomic mass is 32.2. The Morgan fingerprint density at radius 2 is 1.79 bits per heavy atom. The van der Waals surface area contributed by atoms with Crippen molar-refractivity contribution in [1.29, 1.82) is 0 Å². The van der Waals surface area contributed by atoms with Crippen LogP contribution in [0.25, 0.3) is 0 Å². The van der Waals surface area contributed by atoms with Crippen LogP contribution in [0.5, 0.6) is 0 Å². The molecule has 0 radical (unpaired) electrons. The lowest BCUT2D eigenvalue weighted by Gasteiger charge is -2.31. The number of nitrogens with one attached hydrogen (secondary N) is 1. The minimum absolute atomic E-state index is 0.0549. The number of benzene rings is 2. The van der Waals surface area contributed by atoms with Gasteiger partial charge in [-0.1, -0.05) is 49.4 Å². The predicted molar refractivity (Wildman–Crippen MR) is 115 cm³/mol. The molecule has 0 unspecified atom stereocenters. The summed E-state index contributed by atoms with van der Waals surface area (Å²) in [5, 5.41) is 2.99. The molecule has 6 heteroatoms. The number of aryl methyl sites for hydroxylation is 2. The molecule has 0 saturated carbocycles. The molecule has 0 aromatic heterocycles. The number of hydrogen-bond acceptors (Lipinski definition) is 3. The van der Waals surface area contributed by atoms with E-state index in [1.54, 1.807) is 18.2 Å². The molecule has 0 saturated heterocycles. The monoisotopic (exact) mass is 402 g/mol. The summed E-state index contributed by atoms with van der Waals surface area (Å²) in [6.45, 7) is 5.68. The number of rotatable bonds is 9. The van der Waals surface area contributed by atoms with Crippen molar-refractivity contribution in [3.8, 4) is 0 Å². The van der Waals surface area contributed by atoms with Gasteiger partial charge in [-0.3, -0.25) is 9.10 Å². The molecule has 0 fully saturated rings. The number of anilines is 1. The zero-order valence-corrected chi connectivity index (χ0v) is 17.9. The van der Waals surface area contributed by atoms with Crippen LogP contribution in [-0.4, -0.2) is 32.7 Å². The van der Waals surface area contributed by atoms with E-state index in [0.717, 1.165) is 24.7 Å². The van der Waals surface area contributed by atoms with Gasteiger partial charge >= 0.3 is 0 Å². The number of nitrogens with zero attached hydrogens (tertiary/aromatic N) is 1. The highest BCUT2D eigenvalue weighted by molar-refractivity contribution is 7.92. The first-order valence-electron chi connectivity index (χ1n) is 9.62. The molecule has 0 aliphatic heterocycles. The Morgan fingerprint density at radius 1 is 1.11 bits per heavy atom. The van der Waals surface area contributed by atoms with Crippen molar-refractivity contribution < 1.29 is 13.2 Å². The Labute approximate surface area is 168 Å². The third-order valence-electron chi connectivity index (χ3n) is 4.68. The molecule has 28 heavy (non-hydrogen) atoms. The van der Waals surface area contributed by atoms with Crippen LogP contribution in [0.2, 0.25) is 0 Å². The van der Waals surface area contributed by atoms with E-state index < -0.39 is 16.1 Å². The van der Waals surface area contributed by atoms with Crippen molar-refractivity contribution in [3.05, 3.63) is 65.7 Å². The largest absolute Gasteiger partial charge is 0.352 e. The maximum absolute atomic E-state index is 12.9. The minimum atomic E-state index is -3.61. The average molecular weight is 403 g/mol. The van der Waals surface area contributed by atoms with E-state index >= 15 is 0 Å². The normalized spacial score (nSPS) is 13.6. The quantitative estimate of drug-likeness (QED) is 0.696. The lowest BCUT2D eigenvalue weighted by Crippen LogP contribution is -2.51. The van der Waals surface area contributed by atoms with Crippen molar-refractivity contribution >= 4 is 21.6 Å². The molecule has 2 aromatic carbocycles. The molecular weight excluding hydrogens is 372 g/mol. The molecule has 1 amide bonds. The van der Waals surface area contributed by atoms with E-state index in [4.69, 9.17) is 0 Å². The topological polar surface area (TPSA) is 66.5 Å². The smallest absolute Gasteiger partial charge is 0.244 e. The number of amides is 1. The summed E-state index contributed by atoms with van der Waals surface area (Å²) in [6.07, 6.45) is 3.17. The molecule has 0 heterocycles. The molecule has 0 aliphatic carbocycles. The molecule has 0 aliphatic rings. The Hall–Kier alpha value is -2.34. The summed E-state index contributed by atoms with van der Waals surface area (Å²) >= 11 is 0. The molecule has 0 spiro atoms. The predicted octanol–water partition coefficient (Wildman–Crippen LogP) is 3.68. The maximum Gasteiger partial charge on any atom is 0.244 e. The first-order valence-corrected chi connectivity index (χ1v) is 11.5. The van der Waals surface area contributed by atoms with Crippen LogP contribution in [0.4, 0.5) is 5.69 Å². The highest BCUT2D eigenvalue weighted by Gasteiger charge is 2.32. The Morgan fingerprint density at radius 3 is 2.36 bits per heavy atom. The van der Waals surface area contributed by atoms with Crippen LogP contribution >= 0.6 is 0 Å². The van der Waals surface area contributed by atoms with E-state index in [9.17, 15) is 13.2 Å². The van der Waals surface area contributed by atoms with E-state index in [-0.39, 0.29) is 11.9 Å².